The number of hydrogen-bond acceptors (Lipinski definition) is 2. The first-order chi connectivity index (χ1) is 10.7. The van der Waals surface area contributed by atoms with Gasteiger partial charge >= 0.3 is 0 Å². The Labute approximate surface area is 130 Å². The van der Waals surface area contributed by atoms with Gasteiger partial charge in [-0.25, -0.2) is 4.39 Å². The first kappa shape index (κ1) is 14.7. The van der Waals surface area contributed by atoms with Crippen LogP contribution in [-0.4, -0.2) is 18.0 Å². The fourth-order valence-electron chi connectivity index (χ4n) is 3.16. The minimum Gasteiger partial charge on any atom is -0.299 e. The van der Waals surface area contributed by atoms with Crippen LogP contribution in [0, 0.1) is 17.1 Å². The molecular formula is C19H19FN2. The highest BCUT2D eigenvalue weighted by atomic mass is 19.1. The van der Waals surface area contributed by atoms with E-state index in [1.54, 1.807) is 0 Å². The molecule has 0 bridgehead atoms. The molecule has 3 rings (SSSR count). The average molecular weight is 294 g/mol. The molecule has 0 aliphatic carbocycles. The van der Waals surface area contributed by atoms with E-state index in [2.05, 4.69) is 23.1 Å². The maximum Gasteiger partial charge on any atom is 0.123 e. The van der Waals surface area contributed by atoms with Crippen LogP contribution in [0.25, 0.3) is 0 Å². The molecule has 0 amide bonds. The van der Waals surface area contributed by atoms with Crippen LogP contribution in [0.1, 0.15) is 24.0 Å². The predicted molar refractivity (Wildman–Crippen MR) is 84.6 cm³/mol. The Morgan fingerprint density at radius 1 is 1.00 bits per heavy atom. The van der Waals surface area contributed by atoms with Crippen LogP contribution in [0.2, 0.25) is 0 Å². The smallest absolute Gasteiger partial charge is 0.123 e. The lowest BCUT2D eigenvalue weighted by Gasteiger charge is -2.37. The van der Waals surface area contributed by atoms with Crippen LogP contribution >= 0.6 is 0 Å². The van der Waals surface area contributed by atoms with Gasteiger partial charge in [0.25, 0.3) is 0 Å². The van der Waals surface area contributed by atoms with Crippen molar-refractivity contribution >= 4 is 0 Å². The molecule has 0 aromatic heterocycles. The first-order valence-electron chi connectivity index (χ1n) is 7.65. The summed E-state index contributed by atoms with van der Waals surface area (Å²) in [5.41, 5.74) is 1.88. The minimum atomic E-state index is -0.361. The minimum absolute atomic E-state index is 0.199. The Hall–Kier alpha value is -2.18. The van der Waals surface area contributed by atoms with E-state index >= 15 is 0 Å². The van der Waals surface area contributed by atoms with Gasteiger partial charge in [-0.2, -0.15) is 5.26 Å². The Morgan fingerprint density at radius 2 is 1.64 bits per heavy atom. The number of piperidine rings is 1. The number of halogens is 1. The second-order valence-corrected chi connectivity index (χ2v) is 5.96. The maximum atomic E-state index is 13.0. The van der Waals surface area contributed by atoms with Gasteiger partial charge in [0.2, 0.25) is 0 Å². The summed E-state index contributed by atoms with van der Waals surface area (Å²) in [6, 6.07) is 19.3. The standard InChI is InChI=1S/C19H19FN2/c20-18-8-6-16(7-9-18)14-22-12-10-19(15-21,11-13-22)17-4-2-1-3-5-17/h1-9H,10-14H2. The number of nitrogens with zero attached hydrogens (tertiary/aromatic N) is 2. The normalized spacial score (nSPS) is 17.8. The predicted octanol–water partition coefficient (Wildman–Crippen LogP) is 3.88. The van der Waals surface area contributed by atoms with E-state index in [0.717, 1.165) is 43.6 Å². The highest BCUT2D eigenvalue weighted by Gasteiger charge is 2.36. The second-order valence-electron chi connectivity index (χ2n) is 5.96. The van der Waals surface area contributed by atoms with Gasteiger partial charge in [-0.05, 0) is 36.1 Å². The van der Waals surface area contributed by atoms with Gasteiger partial charge in [-0.3, -0.25) is 4.90 Å². The summed E-state index contributed by atoms with van der Waals surface area (Å²) in [6.45, 7) is 2.59. The van der Waals surface area contributed by atoms with Crippen molar-refractivity contribution in [1.29, 1.82) is 5.26 Å². The van der Waals surface area contributed by atoms with Gasteiger partial charge < -0.3 is 0 Å². The zero-order chi connectivity index (χ0) is 15.4. The van der Waals surface area contributed by atoms with E-state index in [4.69, 9.17) is 0 Å². The Morgan fingerprint density at radius 3 is 2.23 bits per heavy atom. The van der Waals surface area contributed by atoms with Gasteiger partial charge in [0.15, 0.2) is 0 Å². The summed E-state index contributed by atoms with van der Waals surface area (Å²) in [7, 11) is 0. The molecule has 1 heterocycles. The van der Waals surface area contributed by atoms with Gasteiger partial charge in [0.1, 0.15) is 5.82 Å². The maximum absolute atomic E-state index is 13.0. The molecule has 0 unspecified atom stereocenters. The van der Waals surface area contributed by atoms with Crippen LogP contribution in [0.4, 0.5) is 4.39 Å². The van der Waals surface area contributed by atoms with Crippen molar-refractivity contribution in [3.05, 3.63) is 71.5 Å². The van der Waals surface area contributed by atoms with E-state index in [9.17, 15) is 9.65 Å². The van der Waals surface area contributed by atoms with Crippen LogP contribution in [-0.2, 0) is 12.0 Å². The molecule has 0 saturated carbocycles. The fraction of sp³-hybridized carbons (Fsp3) is 0.316. The largest absolute Gasteiger partial charge is 0.299 e. The number of hydrogen-bond donors (Lipinski definition) is 0. The van der Waals surface area contributed by atoms with Crippen molar-refractivity contribution in [2.45, 2.75) is 24.8 Å². The highest BCUT2D eigenvalue weighted by molar-refractivity contribution is 5.33. The molecule has 2 aromatic carbocycles. The Bertz CT molecular complexity index is 650. The number of likely N-dealkylation sites (tertiary alicyclic amines) is 1. The Kier molecular flexibility index (Phi) is 4.22. The molecule has 1 aliphatic heterocycles. The van der Waals surface area contributed by atoms with Crippen LogP contribution in [0.15, 0.2) is 54.6 Å². The fourth-order valence-corrected chi connectivity index (χ4v) is 3.16. The molecule has 22 heavy (non-hydrogen) atoms. The third kappa shape index (κ3) is 3.03. The summed E-state index contributed by atoms with van der Waals surface area (Å²) in [6.07, 6.45) is 1.68. The molecule has 0 atom stereocenters. The van der Waals surface area contributed by atoms with Crippen LogP contribution in [0.5, 0.6) is 0 Å². The van der Waals surface area contributed by atoms with Crippen molar-refractivity contribution in [2.24, 2.45) is 0 Å². The van der Waals surface area contributed by atoms with Crippen LogP contribution < -0.4 is 0 Å². The number of nitriles is 1. The average Bonchev–Trinajstić information content (AvgIpc) is 2.59. The highest BCUT2D eigenvalue weighted by Crippen LogP contribution is 2.35. The topological polar surface area (TPSA) is 27.0 Å². The summed E-state index contributed by atoms with van der Waals surface area (Å²) in [4.78, 5) is 2.34. The molecule has 0 N–H and O–H groups in total. The molecule has 0 spiro atoms. The van der Waals surface area contributed by atoms with Crippen molar-refractivity contribution in [1.82, 2.24) is 4.90 Å². The SMILES string of the molecule is N#CC1(c2ccccc2)CCN(Cc2ccc(F)cc2)CC1. The van der Waals surface area contributed by atoms with Gasteiger partial charge in [0, 0.05) is 19.6 Å². The van der Waals surface area contributed by atoms with Crippen LogP contribution in [0.3, 0.4) is 0 Å². The van der Waals surface area contributed by atoms with Crippen molar-refractivity contribution in [2.75, 3.05) is 13.1 Å². The Balaban J connectivity index is 1.67. The van der Waals surface area contributed by atoms with Gasteiger partial charge in [0.05, 0.1) is 11.5 Å². The molecule has 0 radical (unpaired) electrons. The van der Waals surface area contributed by atoms with Gasteiger partial charge in [-0.15, -0.1) is 0 Å². The molecule has 1 fully saturated rings. The molecule has 3 heteroatoms. The lowest BCUT2D eigenvalue weighted by Crippen LogP contribution is -2.41. The number of rotatable bonds is 3. The second kappa shape index (κ2) is 6.29. The van der Waals surface area contributed by atoms with Crippen molar-refractivity contribution < 1.29 is 4.39 Å². The molecule has 2 nitrogen and oxygen atoms in total. The zero-order valence-corrected chi connectivity index (χ0v) is 12.5. The van der Waals surface area contributed by atoms with E-state index in [1.165, 1.54) is 12.1 Å². The first-order valence-corrected chi connectivity index (χ1v) is 7.65. The van der Waals surface area contributed by atoms with E-state index < -0.39 is 0 Å². The number of benzene rings is 2. The zero-order valence-electron chi connectivity index (χ0n) is 12.5. The molecule has 112 valence electrons. The monoisotopic (exact) mass is 294 g/mol. The van der Waals surface area contributed by atoms with E-state index in [-0.39, 0.29) is 11.2 Å². The molecule has 2 aromatic rings. The summed E-state index contributed by atoms with van der Waals surface area (Å²) < 4.78 is 13.0. The van der Waals surface area contributed by atoms with E-state index in [1.807, 2.05) is 30.3 Å². The lowest BCUT2D eigenvalue weighted by molar-refractivity contribution is 0.179. The quantitative estimate of drug-likeness (QED) is 0.859. The third-order valence-corrected chi connectivity index (χ3v) is 4.57. The van der Waals surface area contributed by atoms with Crippen molar-refractivity contribution in [3.8, 4) is 6.07 Å². The third-order valence-electron chi connectivity index (χ3n) is 4.57. The lowest BCUT2D eigenvalue weighted by atomic mass is 9.74. The summed E-state index contributed by atoms with van der Waals surface area (Å²) in [5, 5.41) is 9.69. The summed E-state index contributed by atoms with van der Waals surface area (Å²) >= 11 is 0. The molecular weight excluding hydrogens is 275 g/mol. The summed E-state index contributed by atoms with van der Waals surface area (Å²) in [5.74, 6) is -0.199. The van der Waals surface area contributed by atoms with Crippen molar-refractivity contribution in [3.63, 3.8) is 0 Å². The van der Waals surface area contributed by atoms with Gasteiger partial charge in [-0.1, -0.05) is 42.5 Å². The molecule has 1 saturated heterocycles. The molecule has 1 aliphatic rings. The van der Waals surface area contributed by atoms with E-state index in [0.29, 0.717) is 0 Å².